The number of halogens is 1. The second-order valence-electron chi connectivity index (χ2n) is 11.8. The Morgan fingerprint density at radius 3 is 2.54 bits per heavy atom. The monoisotopic (exact) mass is 586 g/mol. The number of nitrogens with one attached hydrogen (secondary N) is 2. The minimum Gasteiger partial charge on any atom is -0.344 e. The Morgan fingerprint density at radius 2 is 1.85 bits per heavy atom. The summed E-state index contributed by atoms with van der Waals surface area (Å²) in [4.78, 5) is 48.4. The summed E-state index contributed by atoms with van der Waals surface area (Å²) in [5, 5.41) is 6.42. The van der Waals surface area contributed by atoms with E-state index in [4.69, 9.17) is 0 Å². The van der Waals surface area contributed by atoms with E-state index in [2.05, 4.69) is 20.5 Å². The van der Waals surface area contributed by atoms with Crippen molar-refractivity contribution in [3.05, 3.63) is 46.2 Å². The maximum Gasteiger partial charge on any atom is 0.321 e. The van der Waals surface area contributed by atoms with E-state index < -0.39 is 0 Å². The predicted octanol–water partition coefficient (Wildman–Crippen LogP) is 4.38. The zero-order valence-corrected chi connectivity index (χ0v) is 25.6. The van der Waals surface area contributed by atoms with Gasteiger partial charge in [-0.2, -0.15) is 0 Å². The van der Waals surface area contributed by atoms with Crippen LogP contribution in [0.5, 0.6) is 0 Å². The highest BCUT2D eigenvalue weighted by atomic mass is 32.1. The number of benzene rings is 1. The minimum absolute atomic E-state index is 0.0481. The molecule has 2 N–H and O–H groups in total. The van der Waals surface area contributed by atoms with E-state index >= 15 is 0 Å². The number of rotatable bonds is 8. The molecule has 1 saturated heterocycles. The van der Waals surface area contributed by atoms with Crippen molar-refractivity contribution in [3.63, 3.8) is 0 Å². The number of aromatic nitrogens is 1. The maximum absolute atomic E-state index is 13.4. The van der Waals surface area contributed by atoms with Gasteiger partial charge in [-0.25, -0.2) is 14.2 Å². The lowest BCUT2D eigenvalue weighted by Gasteiger charge is -2.43. The summed E-state index contributed by atoms with van der Waals surface area (Å²) in [5.41, 5.74) is 1.75. The third-order valence-corrected chi connectivity index (χ3v) is 9.53. The van der Waals surface area contributed by atoms with Crippen molar-refractivity contribution < 1.29 is 18.8 Å². The third kappa shape index (κ3) is 8.25. The van der Waals surface area contributed by atoms with E-state index in [1.807, 2.05) is 24.1 Å². The maximum atomic E-state index is 13.4. The molecule has 4 amide bonds. The van der Waals surface area contributed by atoms with E-state index in [0.29, 0.717) is 21.6 Å². The predicted molar refractivity (Wildman–Crippen MR) is 160 cm³/mol. The highest BCUT2D eigenvalue weighted by Crippen LogP contribution is 2.31. The average Bonchev–Trinajstić information content (AvgIpc) is 3.29. The van der Waals surface area contributed by atoms with Crippen molar-refractivity contribution in [2.24, 2.45) is 11.8 Å². The SMILES string of the molecule is CC(=O)N(C)[C@@H]1CCC(NC(=O)Nc2nc(C)c(C(=O)N(C)C)s2)[C@H](CN2CCC[C@@H](Cc3ccc(F)cc3)C2)C1. The number of likely N-dealkylation sites (tertiary alicyclic amines) is 1. The van der Waals surface area contributed by atoms with Gasteiger partial charge in [0.1, 0.15) is 10.7 Å². The summed E-state index contributed by atoms with van der Waals surface area (Å²) in [6, 6.07) is 6.56. The van der Waals surface area contributed by atoms with Crippen LogP contribution in [0.25, 0.3) is 0 Å². The molecule has 1 aromatic carbocycles. The van der Waals surface area contributed by atoms with Gasteiger partial charge in [0.2, 0.25) is 5.91 Å². The summed E-state index contributed by atoms with van der Waals surface area (Å²) in [5.74, 6) is 0.375. The first kappa shape index (κ1) is 30.9. The molecule has 1 aliphatic carbocycles. The molecule has 1 aliphatic heterocycles. The highest BCUT2D eigenvalue weighted by molar-refractivity contribution is 7.17. The first-order valence-corrected chi connectivity index (χ1v) is 15.3. The van der Waals surface area contributed by atoms with Gasteiger partial charge < -0.3 is 20.0 Å². The summed E-state index contributed by atoms with van der Waals surface area (Å²) in [7, 11) is 5.24. The van der Waals surface area contributed by atoms with Crippen LogP contribution in [0.15, 0.2) is 24.3 Å². The zero-order chi connectivity index (χ0) is 29.7. The summed E-state index contributed by atoms with van der Waals surface area (Å²) in [6.07, 6.45) is 5.58. The largest absolute Gasteiger partial charge is 0.344 e. The Hall–Kier alpha value is -3.05. The van der Waals surface area contributed by atoms with Gasteiger partial charge in [0.15, 0.2) is 5.13 Å². The molecule has 11 heteroatoms. The molecule has 4 rings (SSSR count). The van der Waals surface area contributed by atoms with Gasteiger partial charge in [0.25, 0.3) is 5.91 Å². The molecular weight excluding hydrogens is 543 g/mol. The Morgan fingerprint density at radius 1 is 1.12 bits per heavy atom. The van der Waals surface area contributed by atoms with Crippen LogP contribution in [0.3, 0.4) is 0 Å². The van der Waals surface area contributed by atoms with E-state index in [9.17, 15) is 18.8 Å². The summed E-state index contributed by atoms with van der Waals surface area (Å²) in [6.45, 7) is 6.17. The molecule has 1 unspecified atom stereocenters. The second kappa shape index (κ2) is 13.7. The molecule has 2 aliphatic rings. The average molecular weight is 587 g/mol. The number of hydrogen-bond donors (Lipinski definition) is 2. The molecule has 9 nitrogen and oxygen atoms in total. The fourth-order valence-electron chi connectivity index (χ4n) is 6.16. The first-order valence-electron chi connectivity index (χ1n) is 14.5. The molecule has 2 fully saturated rings. The van der Waals surface area contributed by atoms with Crippen LogP contribution in [-0.4, -0.2) is 90.4 Å². The fourth-order valence-corrected chi connectivity index (χ4v) is 7.14. The Balaban J connectivity index is 1.41. The van der Waals surface area contributed by atoms with Gasteiger partial charge in [-0.3, -0.25) is 14.9 Å². The number of hydrogen-bond acceptors (Lipinski definition) is 6. The number of carbonyl (C=O) groups excluding carboxylic acids is 3. The highest BCUT2D eigenvalue weighted by Gasteiger charge is 2.36. The van der Waals surface area contributed by atoms with Gasteiger partial charge in [-0.05, 0) is 81.5 Å². The van der Waals surface area contributed by atoms with Crippen molar-refractivity contribution in [1.82, 2.24) is 25.0 Å². The van der Waals surface area contributed by atoms with Crippen molar-refractivity contribution in [3.8, 4) is 0 Å². The van der Waals surface area contributed by atoms with Crippen molar-refractivity contribution in [2.45, 2.75) is 64.5 Å². The standard InChI is InChI=1S/C30H43FN6O3S/c1-19-27(28(39)35(3)4)41-30(32-19)34-29(40)33-26-13-12-25(36(5)20(2)38)16-23(26)18-37-14-6-7-22(17-37)15-21-8-10-24(31)11-9-21/h8-11,22-23,25-26H,6-7,12-18H2,1-5H3,(H2,32,33,34,40)/t22-,23-,25+,26?/m0/s1. The van der Waals surface area contributed by atoms with Crippen LogP contribution >= 0.6 is 11.3 Å². The van der Waals surface area contributed by atoms with E-state index in [1.54, 1.807) is 27.9 Å². The molecule has 2 heterocycles. The Kier molecular flexibility index (Phi) is 10.4. The smallest absolute Gasteiger partial charge is 0.321 e. The molecule has 1 aromatic heterocycles. The molecule has 0 bridgehead atoms. The lowest BCUT2D eigenvalue weighted by atomic mass is 9.80. The van der Waals surface area contributed by atoms with Crippen molar-refractivity contribution in [2.75, 3.05) is 46.1 Å². The molecular formula is C30H43FN6O3S. The van der Waals surface area contributed by atoms with Crippen LogP contribution in [0.1, 0.15) is 60.0 Å². The lowest BCUT2D eigenvalue weighted by Crippen LogP contribution is -2.53. The van der Waals surface area contributed by atoms with Crippen LogP contribution in [0.4, 0.5) is 14.3 Å². The van der Waals surface area contributed by atoms with Gasteiger partial charge in [0.05, 0.1) is 5.69 Å². The quantitative estimate of drug-likeness (QED) is 0.479. The third-order valence-electron chi connectivity index (χ3n) is 8.47. The lowest BCUT2D eigenvalue weighted by molar-refractivity contribution is -0.130. The van der Waals surface area contributed by atoms with E-state index in [1.165, 1.54) is 28.4 Å². The topological polar surface area (TPSA) is 97.9 Å². The van der Waals surface area contributed by atoms with Crippen LogP contribution in [-0.2, 0) is 11.2 Å². The molecule has 1 saturated carbocycles. The van der Waals surface area contributed by atoms with Crippen molar-refractivity contribution >= 4 is 34.3 Å². The number of aryl methyl sites for hydroxylation is 1. The zero-order valence-electron chi connectivity index (χ0n) is 24.8. The molecule has 2 aromatic rings. The minimum atomic E-state index is -0.330. The van der Waals surface area contributed by atoms with E-state index in [0.717, 1.165) is 63.7 Å². The molecule has 41 heavy (non-hydrogen) atoms. The molecule has 224 valence electrons. The Labute approximate surface area is 246 Å². The number of carbonyl (C=O) groups is 3. The van der Waals surface area contributed by atoms with Gasteiger partial charge in [-0.15, -0.1) is 0 Å². The number of thiazole rings is 1. The second-order valence-corrected chi connectivity index (χ2v) is 12.8. The number of urea groups is 1. The van der Waals surface area contributed by atoms with Gasteiger partial charge in [-0.1, -0.05) is 23.5 Å². The normalized spacial score (nSPS) is 23.1. The van der Waals surface area contributed by atoms with Crippen LogP contribution in [0, 0.1) is 24.6 Å². The first-order chi connectivity index (χ1) is 19.5. The van der Waals surface area contributed by atoms with E-state index in [-0.39, 0.29) is 41.7 Å². The number of piperidine rings is 1. The van der Waals surface area contributed by atoms with Crippen LogP contribution < -0.4 is 10.6 Å². The number of amides is 4. The summed E-state index contributed by atoms with van der Waals surface area (Å²) < 4.78 is 13.4. The van der Waals surface area contributed by atoms with Crippen molar-refractivity contribution in [1.29, 1.82) is 0 Å². The molecule has 0 spiro atoms. The van der Waals surface area contributed by atoms with Crippen LogP contribution in [0.2, 0.25) is 0 Å². The fraction of sp³-hybridized carbons (Fsp3) is 0.600. The Bertz CT molecular complexity index is 1220. The molecule has 4 atom stereocenters. The number of nitrogens with zero attached hydrogens (tertiary/aromatic N) is 4. The molecule has 0 radical (unpaired) electrons. The summed E-state index contributed by atoms with van der Waals surface area (Å²) >= 11 is 1.18. The number of anilines is 1. The van der Waals surface area contributed by atoms with Gasteiger partial charge in [0, 0.05) is 53.2 Å². The van der Waals surface area contributed by atoms with Gasteiger partial charge >= 0.3 is 6.03 Å².